The van der Waals surface area contributed by atoms with Crippen LogP contribution in [0.1, 0.15) is 33.4 Å². The lowest BCUT2D eigenvalue weighted by molar-refractivity contribution is 0.567. The fourth-order valence-electron chi connectivity index (χ4n) is 1.81. The summed E-state index contributed by atoms with van der Waals surface area (Å²) in [6, 6.07) is 3.95. The van der Waals surface area contributed by atoms with Crippen LogP contribution in [-0.2, 0) is 12.5 Å². The molecule has 0 amide bonds. The smallest absolute Gasteiger partial charge is 0.180 e. The molecule has 0 saturated carbocycles. The van der Waals surface area contributed by atoms with Crippen LogP contribution in [0.3, 0.4) is 0 Å². The third-order valence-corrected chi connectivity index (χ3v) is 2.90. The van der Waals surface area contributed by atoms with Crippen molar-refractivity contribution in [1.82, 2.24) is 19.7 Å². The first-order valence-electron chi connectivity index (χ1n) is 6.53. The molecule has 0 unspecified atom stereocenters. The van der Waals surface area contributed by atoms with Crippen LogP contribution >= 0.6 is 0 Å². The minimum absolute atomic E-state index is 0.0134. The molecule has 2 heterocycles. The number of aryl methyl sites for hydroxylation is 1. The molecule has 5 nitrogen and oxygen atoms in total. The minimum atomic E-state index is -0.0134. The maximum atomic E-state index is 4.68. The van der Waals surface area contributed by atoms with Gasteiger partial charge < -0.3 is 5.32 Å². The maximum Gasteiger partial charge on any atom is 0.180 e. The van der Waals surface area contributed by atoms with Gasteiger partial charge in [0.15, 0.2) is 5.82 Å². The van der Waals surface area contributed by atoms with Crippen molar-refractivity contribution in [2.75, 3.05) is 11.9 Å². The molecule has 0 radical (unpaired) electrons. The Morgan fingerprint density at radius 1 is 1.26 bits per heavy atom. The summed E-state index contributed by atoms with van der Waals surface area (Å²) in [4.78, 5) is 9.24. The van der Waals surface area contributed by atoms with Gasteiger partial charge in [0, 0.05) is 31.3 Å². The van der Waals surface area contributed by atoms with Gasteiger partial charge in [-0.1, -0.05) is 20.8 Å². The molecule has 2 rings (SSSR count). The van der Waals surface area contributed by atoms with E-state index in [1.165, 1.54) is 0 Å². The molecule has 0 fully saturated rings. The molecule has 2 aromatic rings. The Bertz CT molecular complexity index is 565. The number of anilines is 1. The number of nitrogens with zero attached hydrogens (tertiary/aromatic N) is 4. The van der Waals surface area contributed by atoms with Gasteiger partial charge in [0.25, 0.3) is 0 Å². The Balaban J connectivity index is 2.55. The summed E-state index contributed by atoms with van der Waals surface area (Å²) in [6.45, 7) is 9.35. The van der Waals surface area contributed by atoms with Gasteiger partial charge in [-0.05, 0) is 13.0 Å². The van der Waals surface area contributed by atoms with E-state index in [1.807, 2.05) is 19.2 Å². The highest BCUT2D eigenvalue weighted by Crippen LogP contribution is 2.25. The molecule has 5 heteroatoms. The van der Waals surface area contributed by atoms with E-state index in [9.17, 15) is 0 Å². The molecular formula is C14H21N5. The van der Waals surface area contributed by atoms with Gasteiger partial charge in [-0.25, -0.2) is 9.97 Å². The van der Waals surface area contributed by atoms with Crippen molar-refractivity contribution < 1.29 is 0 Å². The van der Waals surface area contributed by atoms with Crippen LogP contribution in [0.15, 0.2) is 18.3 Å². The van der Waals surface area contributed by atoms with E-state index < -0.39 is 0 Å². The predicted octanol–water partition coefficient (Wildman–Crippen LogP) is 2.61. The highest BCUT2D eigenvalue weighted by molar-refractivity contribution is 5.53. The van der Waals surface area contributed by atoms with E-state index >= 15 is 0 Å². The van der Waals surface area contributed by atoms with E-state index in [1.54, 1.807) is 10.9 Å². The average Bonchev–Trinajstić information content (AvgIpc) is 2.74. The topological polar surface area (TPSA) is 55.6 Å². The first kappa shape index (κ1) is 13.5. The highest BCUT2D eigenvalue weighted by atomic mass is 15.3. The highest BCUT2D eigenvalue weighted by Gasteiger charge is 2.19. The molecule has 1 N–H and O–H groups in total. The predicted molar refractivity (Wildman–Crippen MR) is 77.1 cm³/mol. The van der Waals surface area contributed by atoms with Gasteiger partial charge in [-0.15, -0.1) is 0 Å². The molecule has 0 atom stereocenters. The third kappa shape index (κ3) is 2.92. The number of hydrogen-bond donors (Lipinski definition) is 1. The van der Waals surface area contributed by atoms with Crippen LogP contribution in [0.2, 0.25) is 0 Å². The minimum Gasteiger partial charge on any atom is -0.370 e. The van der Waals surface area contributed by atoms with Gasteiger partial charge in [0.2, 0.25) is 0 Å². The van der Waals surface area contributed by atoms with E-state index in [-0.39, 0.29) is 5.41 Å². The molecule has 0 bridgehead atoms. The van der Waals surface area contributed by atoms with E-state index in [0.717, 1.165) is 23.8 Å². The lowest BCUT2D eigenvalue weighted by atomic mass is 9.92. The lowest BCUT2D eigenvalue weighted by Gasteiger charge is -2.19. The summed E-state index contributed by atoms with van der Waals surface area (Å²) in [5, 5.41) is 7.44. The van der Waals surface area contributed by atoms with Crippen LogP contribution < -0.4 is 5.32 Å². The Kier molecular flexibility index (Phi) is 3.55. The Morgan fingerprint density at radius 3 is 2.53 bits per heavy atom. The summed E-state index contributed by atoms with van der Waals surface area (Å²) < 4.78 is 1.79. The van der Waals surface area contributed by atoms with Crippen molar-refractivity contribution >= 4 is 5.82 Å². The Morgan fingerprint density at radius 2 is 2.00 bits per heavy atom. The fraction of sp³-hybridized carbons (Fsp3) is 0.500. The number of rotatable bonds is 3. The summed E-state index contributed by atoms with van der Waals surface area (Å²) in [5.41, 5.74) is 1.93. The largest absolute Gasteiger partial charge is 0.370 e. The van der Waals surface area contributed by atoms with Gasteiger partial charge in [-0.2, -0.15) is 5.10 Å². The number of hydrogen-bond acceptors (Lipinski definition) is 4. The second-order valence-electron chi connectivity index (χ2n) is 5.58. The van der Waals surface area contributed by atoms with Crippen LogP contribution in [0.5, 0.6) is 0 Å². The zero-order valence-corrected chi connectivity index (χ0v) is 12.2. The van der Waals surface area contributed by atoms with Crippen molar-refractivity contribution in [3.05, 3.63) is 24.0 Å². The molecule has 0 aliphatic heterocycles. The van der Waals surface area contributed by atoms with Gasteiger partial charge in [0.1, 0.15) is 11.5 Å². The van der Waals surface area contributed by atoms with Gasteiger partial charge >= 0.3 is 0 Å². The standard InChI is InChI=1S/C14H21N5/c1-6-15-12-9-11(14(2,3)4)17-13(18-12)10-7-8-16-19(10)5/h7-9H,6H2,1-5H3,(H,15,17,18). The first-order valence-corrected chi connectivity index (χ1v) is 6.53. The molecule has 0 spiro atoms. The molecule has 0 aliphatic carbocycles. The van der Waals surface area contributed by atoms with Gasteiger partial charge in [0.05, 0.1) is 5.69 Å². The van der Waals surface area contributed by atoms with E-state index in [2.05, 4.69) is 48.1 Å². The van der Waals surface area contributed by atoms with E-state index in [4.69, 9.17) is 0 Å². The summed E-state index contributed by atoms with van der Waals surface area (Å²) >= 11 is 0. The molecule has 0 aromatic carbocycles. The maximum absolute atomic E-state index is 4.68. The molecule has 2 aromatic heterocycles. The van der Waals surface area contributed by atoms with Crippen LogP contribution in [0.25, 0.3) is 11.5 Å². The molecule has 19 heavy (non-hydrogen) atoms. The fourth-order valence-corrected chi connectivity index (χ4v) is 1.81. The summed E-state index contributed by atoms with van der Waals surface area (Å²) in [5.74, 6) is 1.57. The van der Waals surface area contributed by atoms with Crippen LogP contribution in [-0.4, -0.2) is 26.3 Å². The average molecular weight is 259 g/mol. The molecule has 0 saturated heterocycles. The first-order chi connectivity index (χ1) is 8.91. The molecular weight excluding hydrogens is 238 g/mol. The van der Waals surface area contributed by atoms with Crippen molar-refractivity contribution in [3.8, 4) is 11.5 Å². The van der Waals surface area contributed by atoms with Crippen LogP contribution in [0, 0.1) is 0 Å². The third-order valence-electron chi connectivity index (χ3n) is 2.90. The van der Waals surface area contributed by atoms with E-state index in [0.29, 0.717) is 5.82 Å². The quantitative estimate of drug-likeness (QED) is 0.920. The number of aromatic nitrogens is 4. The SMILES string of the molecule is CCNc1cc(C(C)(C)C)nc(-c2ccnn2C)n1. The molecule has 0 aliphatic rings. The van der Waals surface area contributed by atoms with Crippen molar-refractivity contribution in [1.29, 1.82) is 0 Å². The second-order valence-corrected chi connectivity index (χ2v) is 5.58. The lowest BCUT2D eigenvalue weighted by Crippen LogP contribution is -2.16. The monoisotopic (exact) mass is 259 g/mol. The van der Waals surface area contributed by atoms with Gasteiger partial charge in [-0.3, -0.25) is 4.68 Å². The second kappa shape index (κ2) is 4.99. The van der Waals surface area contributed by atoms with Crippen molar-refractivity contribution in [3.63, 3.8) is 0 Å². The summed E-state index contributed by atoms with van der Waals surface area (Å²) in [6.07, 6.45) is 1.76. The van der Waals surface area contributed by atoms with Crippen molar-refractivity contribution in [2.45, 2.75) is 33.1 Å². The zero-order valence-electron chi connectivity index (χ0n) is 12.2. The van der Waals surface area contributed by atoms with Crippen molar-refractivity contribution in [2.24, 2.45) is 7.05 Å². The number of nitrogens with one attached hydrogen (secondary N) is 1. The zero-order chi connectivity index (χ0) is 14.0. The Labute approximate surface area is 114 Å². The van der Waals surface area contributed by atoms with Crippen LogP contribution in [0.4, 0.5) is 5.82 Å². The molecule has 102 valence electrons. The summed E-state index contributed by atoms with van der Waals surface area (Å²) in [7, 11) is 1.90. The Hall–Kier alpha value is -1.91. The normalized spacial score (nSPS) is 11.6.